The van der Waals surface area contributed by atoms with Gasteiger partial charge in [0.1, 0.15) is 12.5 Å². The van der Waals surface area contributed by atoms with E-state index in [2.05, 4.69) is 20.8 Å². The average Bonchev–Trinajstić information content (AvgIpc) is 2.97. The standard InChI is InChI=1S/C24H34O7/c1-13(25)28-11-16-18-17(24(5)10-6-9-23(3,4)12-24)8-7-15-19(18)22(30-20(16)27)31-21(15)29-14(2)26/h15-16,19,21-22H,6-12H2,1-5H3. The normalized spacial score (nSPS) is 38.9. The maximum atomic E-state index is 13.0. The summed E-state index contributed by atoms with van der Waals surface area (Å²) >= 11 is 0. The molecule has 0 amide bonds. The molecule has 0 bridgehead atoms. The molecule has 2 aliphatic carbocycles. The molecule has 0 spiro atoms. The highest BCUT2D eigenvalue weighted by atomic mass is 16.8. The van der Waals surface area contributed by atoms with Crippen molar-refractivity contribution in [3.63, 3.8) is 0 Å². The molecule has 6 unspecified atom stereocenters. The first-order valence-electron chi connectivity index (χ1n) is 11.4. The van der Waals surface area contributed by atoms with Gasteiger partial charge in [0.15, 0.2) is 0 Å². The molecule has 7 nitrogen and oxygen atoms in total. The molecule has 3 fully saturated rings. The molecular formula is C24H34O7. The van der Waals surface area contributed by atoms with Crippen LogP contribution in [0.1, 0.15) is 73.1 Å². The smallest absolute Gasteiger partial charge is 0.318 e. The Morgan fingerprint density at radius 3 is 2.52 bits per heavy atom. The fourth-order valence-corrected chi connectivity index (χ4v) is 6.64. The van der Waals surface area contributed by atoms with Crippen LogP contribution in [-0.2, 0) is 33.3 Å². The zero-order valence-corrected chi connectivity index (χ0v) is 19.2. The first kappa shape index (κ1) is 22.3. The summed E-state index contributed by atoms with van der Waals surface area (Å²) in [6.45, 7) is 9.61. The van der Waals surface area contributed by atoms with Crippen LogP contribution in [0.2, 0.25) is 0 Å². The second kappa shape index (κ2) is 7.91. The third-order valence-electron chi connectivity index (χ3n) is 7.61. The summed E-state index contributed by atoms with van der Waals surface area (Å²) in [7, 11) is 0. The lowest BCUT2D eigenvalue weighted by molar-refractivity contribution is -0.220. The minimum Gasteiger partial charge on any atom is -0.465 e. The topological polar surface area (TPSA) is 88.1 Å². The molecule has 31 heavy (non-hydrogen) atoms. The van der Waals surface area contributed by atoms with E-state index in [1.54, 1.807) is 0 Å². The Morgan fingerprint density at radius 2 is 1.87 bits per heavy atom. The molecular weight excluding hydrogens is 400 g/mol. The third kappa shape index (κ3) is 4.13. The van der Waals surface area contributed by atoms with Gasteiger partial charge in [-0.1, -0.05) is 32.8 Å². The molecule has 6 atom stereocenters. The van der Waals surface area contributed by atoms with Crippen molar-refractivity contribution in [1.82, 2.24) is 0 Å². The predicted molar refractivity (Wildman–Crippen MR) is 110 cm³/mol. The fraction of sp³-hybridized carbons (Fsp3) is 0.792. The molecule has 0 aromatic heterocycles. The van der Waals surface area contributed by atoms with Gasteiger partial charge in [-0.3, -0.25) is 14.4 Å². The van der Waals surface area contributed by atoms with Gasteiger partial charge in [0.05, 0.1) is 5.92 Å². The van der Waals surface area contributed by atoms with E-state index < -0.39 is 36.4 Å². The van der Waals surface area contributed by atoms with E-state index in [4.69, 9.17) is 18.9 Å². The van der Waals surface area contributed by atoms with E-state index in [-0.39, 0.29) is 29.3 Å². The van der Waals surface area contributed by atoms with Crippen molar-refractivity contribution in [2.24, 2.45) is 28.6 Å². The van der Waals surface area contributed by atoms with Gasteiger partial charge in [0, 0.05) is 19.8 Å². The van der Waals surface area contributed by atoms with Gasteiger partial charge >= 0.3 is 17.9 Å². The number of ether oxygens (including phenoxy) is 4. The van der Waals surface area contributed by atoms with Crippen molar-refractivity contribution in [3.05, 3.63) is 11.1 Å². The molecule has 2 heterocycles. The van der Waals surface area contributed by atoms with Crippen LogP contribution in [0.15, 0.2) is 11.1 Å². The summed E-state index contributed by atoms with van der Waals surface area (Å²) in [5.41, 5.74) is 2.50. The first-order valence-corrected chi connectivity index (χ1v) is 11.4. The van der Waals surface area contributed by atoms with E-state index in [1.807, 2.05) is 0 Å². The zero-order chi connectivity index (χ0) is 22.6. The lowest BCUT2D eigenvalue weighted by atomic mass is 9.56. The number of hydrogen-bond acceptors (Lipinski definition) is 7. The second-order valence-electron chi connectivity index (χ2n) is 10.7. The van der Waals surface area contributed by atoms with Crippen molar-refractivity contribution < 1.29 is 33.3 Å². The lowest BCUT2D eigenvalue weighted by Gasteiger charge is -2.49. The summed E-state index contributed by atoms with van der Waals surface area (Å²) in [6, 6.07) is 0. The van der Waals surface area contributed by atoms with Crippen LogP contribution in [0.4, 0.5) is 0 Å². The molecule has 0 aromatic carbocycles. The van der Waals surface area contributed by atoms with Crippen LogP contribution >= 0.6 is 0 Å². The molecule has 172 valence electrons. The van der Waals surface area contributed by atoms with Gasteiger partial charge in [0.25, 0.3) is 0 Å². The van der Waals surface area contributed by atoms with Crippen LogP contribution in [0.25, 0.3) is 0 Å². The van der Waals surface area contributed by atoms with Gasteiger partial charge in [-0.05, 0) is 48.5 Å². The van der Waals surface area contributed by atoms with Gasteiger partial charge in [-0.2, -0.15) is 0 Å². The quantitative estimate of drug-likeness (QED) is 0.377. The first-order chi connectivity index (χ1) is 14.5. The molecule has 7 heteroatoms. The minimum absolute atomic E-state index is 0.0271. The Morgan fingerprint density at radius 1 is 1.13 bits per heavy atom. The molecule has 2 aliphatic heterocycles. The van der Waals surface area contributed by atoms with Crippen molar-refractivity contribution in [3.8, 4) is 0 Å². The Kier molecular flexibility index (Phi) is 5.69. The van der Waals surface area contributed by atoms with Crippen LogP contribution in [-0.4, -0.2) is 37.1 Å². The summed E-state index contributed by atoms with van der Waals surface area (Å²) in [4.78, 5) is 36.2. The number of esters is 3. The summed E-state index contributed by atoms with van der Waals surface area (Å²) in [6.07, 6.45) is 4.60. The van der Waals surface area contributed by atoms with Gasteiger partial charge in [-0.25, -0.2) is 0 Å². The van der Waals surface area contributed by atoms with E-state index >= 15 is 0 Å². The minimum atomic E-state index is -0.763. The molecule has 0 radical (unpaired) electrons. The predicted octanol–water partition coefficient (Wildman–Crippen LogP) is 3.90. The van der Waals surface area contributed by atoms with Crippen molar-refractivity contribution in [1.29, 1.82) is 0 Å². The largest absolute Gasteiger partial charge is 0.465 e. The average molecular weight is 435 g/mol. The van der Waals surface area contributed by atoms with Crippen molar-refractivity contribution >= 4 is 17.9 Å². The molecule has 4 rings (SSSR count). The van der Waals surface area contributed by atoms with Gasteiger partial charge < -0.3 is 18.9 Å². The third-order valence-corrected chi connectivity index (χ3v) is 7.61. The molecule has 4 aliphatic rings. The summed E-state index contributed by atoms with van der Waals surface area (Å²) < 4.78 is 22.3. The molecule has 0 N–H and O–H groups in total. The lowest BCUT2D eigenvalue weighted by Crippen LogP contribution is -2.46. The SMILES string of the molecule is CC(=O)OCC1C(=O)OC2OC(OC(C)=O)C3CCC(C4(C)CCCC(C)(C)C4)=C1C23. The maximum absolute atomic E-state index is 13.0. The fourth-order valence-electron chi connectivity index (χ4n) is 6.64. The van der Waals surface area contributed by atoms with Crippen molar-refractivity contribution in [2.75, 3.05) is 6.61 Å². The molecule has 1 saturated carbocycles. The Balaban J connectivity index is 1.78. The highest BCUT2D eigenvalue weighted by molar-refractivity contribution is 5.79. The van der Waals surface area contributed by atoms with Gasteiger partial charge in [0.2, 0.25) is 12.6 Å². The zero-order valence-electron chi connectivity index (χ0n) is 19.2. The Hall–Kier alpha value is -1.89. The van der Waals surface area contributed by atoms with E-state index in [0.717, 1.165) is 37.7 Å². The highest BCUT2D eigenvalue weighted by Gasteiger charge is 2.59. The van der Waals surface area contributed by atoms with Crippen LogP contribution in [0, 0.1) is 28.6 Å². The van der Waals surface area contributed by atoms with E-state index in [0.29, 0.717) is 0 Å². The summed E-state index contributed by atoms with van der Waals surface area (Å²) in [5.74, 6) is -2.14. The van der Waals surface area contributed by atoms with Crippen LogP contribution in [0.3, 0.4) is 0 Å². The maximum Gasteiger partial charge on any atom is 0.318 e. The van der Waals surface area contributed by atoms with Gasteiger partial charge in [-0.15, -0.1) is 0 Å². The number of rotatable bonds is 4. The number of hydrogen-bond donors (Lipinski definition) is 0. The van der Waals surface area contributed by atoms with Crippen LogP contribution < -0.4 is 0 Å². The Labute approximate surface area is 183 Å². The monoisotopic (exact) mass is 434 g/mol. The number of carbonyl (C=O) groups excluding carboxylic acids is 3. The van der Waals surface area contributed by atoms with E-state index in [1.165, 1.54) is 25.8 Å². The highest BCUT2D eigenvalue weighted by Crippen LogP contribution is 2.59. The Bertz CT molecular complexity index is 813. The molecule has 0 aromatic rings. The summed E-state index contributed by atoms with van der Waals surface area (Å²) in [5, 5.41) is 0. The van der Waals surface area contributed by atoms with Crippen LogP contribution in [0.5, 0.6) is 0 Å². The number of allylic oxidation sites excluding steroid dienone is 1. The second-order valence-corrected chi connectivity index (χ2v) is 10.7. The van der Waals surface area contributed by atoms with E-state index in [9.17, 15) is 14.4 Å². The van der Waals surface area contributed by atoms with Crippen molar-refractivity contribution in [2.45, 2.75) is 85.7 Å². The molecule has 2 saturated heterocycles. The number of carbonyl (C=O) groups is 3.